The minimum absolute atomic E-state index is 0.00810. The number of carbonyl (C=O) groups excluding carboxylic acids is 1. The average molecular weight is 553 g/mol. The molecule has 1 N–H and O–H groups in total. The van der Waals surface area contributed by atoms with Crippen LogP contribution in [-0.4, -0.2) is 10.8 Å². The average Bonchev–Trinajstić information content (AvgIpc) is 2.79. The van der Waals surface area contributed by atoms with Crippen LogP contribution in [0.2, 0.25) is 0 Å². The maximum atomic E-state index is 12.6. The highest BCUT2D eigenvalue weighted by Crippen LogP contribution is 2.25. The molecule has 0 aromatic heterocycles. The van der Waals surface area contributed by atoms with Crippen molar-refractivity contribution in [2.24, 2.45) is 0 Å². The third kappa shape index (κ3) is 6.40. The van der Waals surface area contributed by atoms with Crippen molar-refractivity contribution in [3.05, 3.63) is 102 Å². The number of anilines is 1. The third-order valence-electron chi connectivity index (χ3n) is 4.81. The highest BCUT2D eigenvalue weighted by Gasteiger charge is 2.12. The molecule has 0 saturated carbocycles. The van der Waals surface area contributed by atoms with Crippen molar-refractivity contribution in [1.29, 1.82) is 5.26 Å². The number of non-ortho nitro benzene ring substituents is 1. The Morgan fingerprint density at radius 3 is 2.52 bits per heavy atom. The quantitative estimate of drug-likeness (QED) is 0.128. The molecule has 8 heteroatoms. The molecule has 33 heavy (non-hydrogen) atoms. The normalized spacial score (nSPS) is 10.9. The van der Waals surface area contributed by atoms with Gasteiger partial charge in [0.1, 0.15) is 24.0 Å². The Balaban J connectivity index is 1.70. The molecule has 0 aliphatic rings. The fourth-order valence-corrected chi connectivity index (χ4v) is 3.67. The zero-order chi connectivity index (χ0) is 24.0. The van der Waals surface area contributed by atoms with E-state index in [2.05, 4.69) is 27.9 Å². The zero-order valence-corrected chi connectivity index (χ0v) is 20.1. The van der Waals surface area contributed by atoms with E-state index >= 15 is 0 Å². The summed E-state index contributed by atoms with van der Waals surface area (Å²) >= 11 is 2.12. The van der Waals surface area contributed by atoms with Crippen molar-refractivity contribution < 1.29 is 14.5 Å². The maximum absolute atomic E-state index is 12.6. The number of nitrogens with zero attached hydrogens (tertiary/aromatic N) is 2. The minimum Gasteiger partial charge on any atom is -0.488 e. The van der Waals surface area contributed by atoms with Crippen molar-refractivity contribution in [2.75, 3.05) is 5.32 Å². The first-order valence-corrected chi connectivity index (χ1v) is 11.0. The van der Waals surface area contributed by atoms with E-state index in [4.69, 9.17) is 4.74 Å². The van der Waals surface area contributed by atoms with Gasteiger partial charge in [0.05, 0.1) is 8.49 Å². The Hall–Kier alpha value is -3.71. The second-order valence-electron chi connectivity index (χ2n) is 7.34. The first kappa shape index (κ1) is 23.9. The Morgan fingerprint density at radius 2 is 1.88 bits per heavy atom. The zero-order valence-electron chi connectivity index (χ0n) is 18.0. The summed E-state index contributed by atoms with van der Waals surface area (Å²) in [5.41, 5.74) is 4.11. The van der Waals surface area contributed by atoms with Gasteiger partial charge in [-0.1, -0.05) is 18.2 Å². The van der Waals surface area contributed by atoms with Crippen LogP contribution in [0, 0.1) is 38.9 Å². The molecular formula is C25H20IN3O4. The number of hydrogen-bond acceptors (Lipinski definition) is 5. The molecule has 0 bridgehead atoms. The van der Waals surface area contributed by atoms with E-state index < -0.39 is 10.8 Å². The minimum atomic E-state index is -0.472. The molecule has 3 aromatic rings. The molecule has 7 nitrogen and oxygen atoms in total. The Morgan fingerprint density at radius 1 is 1.15 bits per heavy atom. The number of ether oxygens (including phenoxy) is 1. The van der Waals surface area contributed by atoms with E-state index in [1.807, 2.05) is 44.2 Å². The van der Waals surface area contributed by atoms with Crippen LogP contribution in [-0.2, 0) is 11.4 Å². The largest absolute Gasteiger partial charge is 0.488 e. The number of nitrogens with one attached hydrogen (secondary N) is 1. The van der Waals surface area contributed by atoms with Crippen LogP contribution in [0.15, 0.2) is 66.2 Å². The van der Waals surface area contributed by atoms with Crippen molar-refractivity contribution in [2.45, 2.75) is 20.5 Å². The number of aryl methyl sites for hydroxylation is 2. The van der Waals surface area contributed by atoms with Gasteiger partial charge < -0.3 is 10.1 Å². The molecule has 0 saturated heterocycles. The molecule has 1 amide bonds. The standard InChI is InChI=1S/C25H20IN3O4/c1-16-3-4-17(2)23(11-16)28-25(30)20(14-27)12-19-7-10-24(22(26)13-19)33-15-18-5-8-21(9-6-18)29(31)32/h3-13H,15H2,1-2H3,(H,28,30)/b20-12+. The van der Waals surface area contributed by atoms with Gasteiger partial charge in [-0.3, -0.25) is 14.9 Å². The summed E-state index contributed by atoms with van der Waals surface area (Å²) in [5, 5.41) is 23.1. The van der Waals surface area contributed by atoms with Gasteiger partial charge in [0.2, 0.25) is 0 Å². The molecule has 0 heterocycles. The van der Waals surface area contributed by atoms with Crippen LogP contribution in [0.3, 0.4) is 0 Å². The number of benzene rings is 3. The van der Waals surface area contributed by atoms with Crippen LogP contribution >= 0.6 is 22.6 Å². The van der Waals surface area contributed by atoms with E-state index in [1.54, 1.807) is 24.3 Å². The summed E-state index contributed by atoms with van der Waals surface area (Å²) < 4.78 is 6.62. The number of carbonyl (C=O) groups is 1. The molecule has 166 valence electrons. The number of rotatable bonds is 7. The molecule has 3 aromatic carbocycles. The lowest BCUT2D eigenvalue weighted by Gasteiger charge is -2.10. The van der Waals surface area contributed by atoms with Crippen LogP contribution in [0.4, 0.5) is 11.4 Å². The van der Waals surface area contributed by atoms with Crippen molar-refractivity contribution in [3.63, 3.8) is 0 Å². The number of halogens is 1. The fraction of sp³-hybridized carbons (Fsp3) is 0.120. The number of nitro benzene ring substituents is 1. The molecule has 0 aliphatic carbocycles. The van der Waals surface area contributed by atoms with Crippen LogP contribution in [0.5, 0.6) is 5.75 Å². The predicted octanol–water partition coefficient (Wildman–Crippen LogP) is 5.94. The lowest BCUT2D eigenvalue weighted by molar-refractivity contribution is -0.384. The summed E-state index contributed by atoms with van der Waals surface area (Å²) in [4.78, 5) is 22.9. The van der Waals surface area contributed by atoms with Crippen LogP contribution in [0.25, 0.3) is 6.08 Å². The van der Waals surface area contributed by atoms with E-state index in [0.717, 1.165) is 20.3 Å². The number of nitriles is 1. The van der Waals surface area contributed by atoms with E-state index in [9.17, 15) is 20.2 Å². The predicted molar refractivity (Wildman–Crippen MR) is 135 cm³/mol. The number of amides is 1. The van der Waals surface area contributed by atoms with Gasteiger partial charge in [0.25, 0.3) is 11.6 Å². The van der Waals surface area contributed by atoms with Crippen molar-refractivity contribution in [1.82, 2.24) is 0 Å². The van der Waals surface area contributed by atoms with Crippen molar-refractivity contribution in [3.8, 4) is 11.8 Å². The summed E-state index contributed by atoms with van der Waals surface area (Å²) in [7, 11) is 0. The summed E-state index contributed by atoms with van der Waals surface area (Å²) in [6.07, 6.45) is 1.53. The highest BCUT2D eigenvalue weighted by atomic mass is 127. The number of nitro groups is 1. The molecule has 0 spiro atoms. The highest BCUT2D eigenvalue weighted by molar-refractivity contribution is 14.1. The first-order valence-electron chi connectivity index (χ1n) is 9.93. The van der Waals surface area contributed by atoms with Gasteiger partial charge in [-0.15, -0.1) is 0 Å². The molecule has 0 unspecified atom stereocenters. The Bertz CT molecular complexity index is 1280. The van der Waals surface area contributed by atoms with Gasteiger partial charge in [-0.2, -0.15) is 5.26 Å². The van der Waals surface area contributed by atoms with E-state index in [1.165, 1.54) is 18.2 Å². The Labute approximate surface area is 205 Å². The maximum Gasteiger partial charge on any atom is 0.269 e. The summed E-state index contributed by atoms with van der Waals surface area (Å²) in [6.45, 7) is 4.08. The van der Waals surface area contributed by atoms with Gasteiger partial charge in [0, 0.05) is 17.8 Å². The van der Waals surface area contributed by atoms with Crippen molar-refractivity contribution >= 4 is 45.9 Å². The van der Waals surface area contributed by atoms with E-state index in [0.29, 0.717) is 17.0 Å². The third-order valence-corrected chi connectivity index (χ3v) is 5.66. The monoisotopic (exact) mass is 553 g/mol. The molecule has 0 atom stereocenters. The summed E-state index contributed by atoms with van der Waals surface area (Å²) in [6, 6.07) is 19.2. The van der Waals surface area contributed by atoms with Gasteiger partial charge >= 0.3 is 0 Å². The second kappa shape index (κ2) is 10.7. The molecule has 0 fully saturated rings. The van der Waals surface area contributed by atoms with Gasteiger partial charge in [0.15, 0.2) is 0 Å². The smallest absolute Gasteiger partial charge is 0.269 e. The number of hydrogen-bond donors (Lipinski definition) is 1. The molecule has 3 rings (SSSR count). The molecule has 0 aliphatic heterocycles. The topological polar surface area (TPSA) is 105 Å². The van der Waals surface area contributed by atoms with Crippen LogP contribution in [0.1, 0.15) is 22.3 Å². The molecule has 0 radical (unpaired) electrons. The SMILES string of the molecule is Cc1ccc(C)c(NC(=O)/C(C#N)=C/c2ccc(OCc3ccc([N+](=O)[O-])cc3)c(I)c2)c1. The summed E-state index contributed by atoms with van der Waals surface area (Å²) in [5.74, 6) is 0.157. The molecular weight excluding hydrogens is 533 g/mol. The van der Waals surface area contributed by atoms with Gasteiger partial charge in [-0.25, -0.2) is 0 Å². The lowest BCUT2D eigenvalue weighted by Crippen LogP contribution is -2.14. The van der Waals surface area contributed by atoms with Crippen LogP contribution < -0.4 is 10.1 Å². The fourth-order valence-electron chi connectivity index (χ4n) is 2.97. The Kier molecular flexibility index (Phi) is 7.79. The first-order chi connectivity index (χ1) is 15.8. The van der Waals surface area contributed by atoms with E-state index in [-0.39, 0.29) is 17.9 Å². The second-order valence-corrected chi connectivity index (χ2v) is 8.51. The lowest BCUT2D eigenvalue weighted by atomic mass is 10.1. The van der Waals surface area contributed by atoms with Gasteiger partial charge in [-0.05, 0) is 95.1 Å².